The fraction of sp³-hybridized carbons (Fsp3) is 0.647. The van der Waals surface area contributed by atoms with E-state index in [4.69, 9.17) is 0 Å². The number of fused-ring (bicyclic) bond motifs is 1. The summed E-state index contributed by atoms with van der Waals surface area (Å²) >= 11 is 0. The SMILES string of the molecule is CC[C@]1(C)CC[C@@](C)(CC)c2cc(C)ccc21. The van der Waals surface area contributed by atoms with Crippen LogP contribution < -0.4 is 0 Å². The molecular formula is C17H26. The highest BCUT2D eigenvalue weighted by molar-refractivity contribution is 5.44. The quantitative estimate of drug-likeness (QED) is 0.661. The molecule has 0 N–H and O–H groups in total. The van der Waals surface area contributed by atoms with Gasteiger partial charge in [-0.15, -0.1) is 0 Å². The molecule has 2 atom stereocenters. The van der Waals surface area contributed by atoms with Gasteiger partial charge in [-0.2, -0.15) is 0 Å². The van der Waals surface area contributed by atoms with Crippen molar-refractivity contribution < 1.29 is 0 Å². The third-order valence-electron chi connectivity index (χ3n) is 5.26. The van der Waals surface area contributed by atoms with Crippen molar-refractivity contribution in [2.45, 2.75) is 71.1 Å². The Morgan fingerprint density at radius 3 is 2.00 bits per heavy atom. The molecule has 0 saturated heterocycles. The molecule has 1 aliphatic carbocycles. The fourth-order valence-electron chi connectivity index (χ4n) is 3.24. The molecule has 0 aliphatic heterocycles. The summed E-state index contributed by atoms with van der Waals surface area (Å²) in [7, 11) is 0. The average molecular weight is 230 g/mol. The second-order valence-corrected chi connectivity index (χ2v) is 6.38. The van der Waals surface area contributed by atoms with Crippen molar-refractivity contribution in [3.05, 3.63) is 34.9 Å². The summed E-state index contributed by atoms with van der Waals surface area (Å²) in [6.45, 7) is 11.8. The summed E-state index contributed by atoms with van der Waals surface area (Å²) in [6, 6.07) is 7.11. The van der Waals surface area contributed by atoms with Crippen LogP contribution in [0.5, 0.6) is 0 Å². The fourth-order valence-corrected chi connectivity index (χ4v) is 3.24. The van der Waals surface area contributed by atoms with E-state index >= 15 is 0 Å². The van der Waals surface area contributed by atoms with Crippen LogP contribution >= 0.6 is 0 Å². The van der Waals surface area contributed by atoms with Gasteiger partial charge in [0.2, 0.25) is 0 Å². The van der Waals surface area contributed by atoms with Crippen molar-refractivity contribution in [1.29, 1.82) is 0 Å². The zero-order valence-electron chi connectivity index (χ0n) is 12.1. The molecule has 0 radical (unpaired) electrons. The van der Waals surface area contributed by atoms with Crippen LogP contribution in [0.4, 0.5) is 0 Å². The Kier molecular flexibility index (Phi) is 3.10. The lowest BCUT2D eigenvalue weighted by Gasteiger charge is -2.45. The van der Waals surface area contributed by atoms with Crippen LogP contribution in [0.1, 0.15) is 70.1 Å². The summed E-state index contributed by atoms with van der Waals surface area (Å²) in [5.74, 6) is 0. The van der Waals surface area contributed by atoms with Gasteiger partial charge in [0.1, 0.15) is 0 Å². The number of aryl methyl sites for hydroxylation is 1. The lowest BCUT2D eigenvalue weighted by molar-refractivity contribution is 0.283. The van der Waals surface area contributed by atoms with Gasteiger partial charge < -0.3 is 0 Å². The van der Waals surface area contributed by atoms with E-state index in [9.17, 15) is 0 Å². The van der Waals surface area contributed by atoms with Crippen molar-refractivity contribution in [2.75, 3.05) is 0 Å². The van der Waals surface area contributed by atoms with Crippen molar-refractivity contribution >= 4 is 0 Å². The average Bonchev–Trinajstić information content (AvgIpc) is 2.34. The highest BCUT2D eigenvalue weighted by Gasteiger charge is 2.39. The van der Waals surface area contributed by atoms with Gasteiger partial charge in [-0.25, -0.2) is 0 Å². The van der Waals surface area contributed by atoms with Gasteiger partial charge in [-0.1, -0.05) is 51.5 Å². The first kappa shape index (κ1) is 12.7. The molecule has 1 aliphatic rings. The normalized spacial score (nSPS) is 32.3. The summed E-state index contributed by atoms with van der Waals surface area (Å²) in [5, 5.41) is 0. The Hall–Kier alpha value is -0.780. The van der Waals surface area contributed by atoms with Gasteiger partial charge in [-0.05, 0) is 54.6 Å². The van der Waals surface area contributed by atoms with Crippen molar-refractivity contribution in [1.82, 2.24) is 0 Å². The molecule has 0 saturated carbocycles. The minimum atomic E-state index is 0.399. The topological polar surface area (TPSA) is 0 Å². The molecule has 0 fully saturated rings. The number of rotatable bonds is 2. The summed E-state index contributed by atoms with van der Waals surface area (Å²) in [4.78, 5) is 0. The molecular weight excluding hydrogens is 204 g/mol. The van der Waals surface area contributed by atoms with Crippen LogP contribution in [-0.2, 0) is 10.8 Å². The van der Waals surface area contributed by atoms with Crippen molar-refractivity contribution in [2.24, 2.45) is 0 Å². The van der Waals surface area contributed by atoms with Crippen LogP contribution in [0.15, 0.2) is 18.2 Å². The van der Waals surface area contributed by atoms with E-state index in [1.54, 1.807) is 11.1 Å². The molecule has 17 heavy (non-hydrogen) atoms. The number of benzene rings is 1. The second kappa shape index (κ2) is 4.15. The van der Waals surface area contributed by atoms with Gasteiger partial charge in [-0.3, -0.25) is 0 Å². The van der Waals surface area contributed by atoms with E-state index in [1.165, 1.54) is 31.2 Å². The Morgan fingerprint density at radius 2 is 1.47 bits per heavy atom. The van der Waals surface area contributed by atoms with Crippen molar-refractivity contribution in [3.63, 3.8) is 0 Å². The molecule has 1 aromatic rings. The maximum absolute atomic E-state index is 2.44. The zero-order chi connectivity index (χ0) is 12.7. The van der Waals surface area contributed by atoms with Gasteiger partial charge in [0.25, 0.3) is 0 Å². The maximum Gasteiger partial charge on any atom is -0.00745 e. The maximum atomic E-state index is 2.44. The summed E-state index contributed by atoms with van der Waals surface area (Å²) < 4.78 is 0. The molecule has 0 bridgehead atoms. The first-order valence-electron chi connectivity index (χ1n) is 7.07. The predicted molar refractivity (Wildman–Crippen MR) is 75.7 cm³/mol. The highest BCUT2D eigenvalue weighted by atomic mass is 14.4. The molecule has 0 nitrogen and oxygen atoms in total. The number of hydrogen-bond acceptors (Lipinski definition) is 0. The Balaban J connectivity index is 2.62. The largest absolute Gasteiger partial charge is 0.0645 e. The lowest BCUT2D eigenvalue weighted by Crippen LogP contribution is -2.36. The first-order valence-corrected chi connectivity index (χ1v) is 7.07. The van der Waals surface area contributed by atoms with Crippen LogP contribution in [0.25, 0.3) is 0 Å². The zero-order valence-corrected chi connectivity index (χ0v) is 12.1. The van der Waals surface area contributed by atoms with Crippen LogP contribution in [-0.4, -0.2) is 0 Å². The standard InChI is InChI=1S/C17H26/c1-6-16(4)10-11-17(5,7-2)15-12-13(3)8-9-14(15)16/h8-9,12H,6-7,10-11H2,1-5H3/t16-,17-/m1/s1. The second-order valence-electron chi connectivity index (χ2n) is 6.38. The molecule has 0 heteroatoms. The molecule has 1 aromatic carbocycles. The first-order chi connectivity index (χ1) is 7.95. The van der Waals surface area contributed by atoms with Crippen LogP contribution in [0.2, 0.25) is 0 Å². The van der Waals surface area contributed by atoms with E-state index in [0.29, 0.717) is 10.8 Å². The Morgan fingerprint density at radius 1 is 0.941 bits per heavy atom. The Labute approximate surface area is 106 Å². The number of hydrogen-bond donors (Lipinski definition) is 0. The Bertz CT molecular complexity index is 418. The lowest BCUT2D eigenvalue weighted by atomic mass is 9.60. The third-order valence-corrected chi connectivity index (χ3v) is 5.26. The van der Waals surface area contributed by atoms with Gasteiger partial charge in [0.15, 0.2) is 0 Å². The van der Waals surface area contributed by atoms with Gasteiger partial charge in [0, 0.05) is 0 Å². The smallest absolute Gasteiger partial charge is 0.00745 e. The minimum absolute atomic E-state index is 0.399. The van der Waals surface area contributed by atoms with Crippen molar-refractivity contribution in [3.8, 4) is 0 Å². The molecule has 94 valence electrons. The van der Waals surface area contributed by atoms with Crippen LogP contribution in [0.3, 0.4) is 0 Å². The van der Waals surface area contributed by atoms with Gasteiger partial charge in [0.05, 0.1) is 0 Å². The van der Waals surface area contributed by atoms with Crippen LogP contribution in [0, 0.1) is 6.92 Å². The van der Waals surface area contributed by atoms with E-state index in [1.807, 2.05) is 0 Å². The monoisotopic (exact) mass is 230 g/mol. The van der Waals surface area contributed by atoms with E-state index in [0.717, 1.165) is 0 Å². The summed E-state index contributed by atoms with van der Waals surface area (Å²) in [5.41, 5.74) is 5.44. The van der Waals surface area contributed by atoms with E-state index in [-0.39, 0.29) is 0 Å². The molecule has 0 amide bonds. The minimum Gasteiger partial charge on any atom is -0.0645 e. The van der Waals surface area contributed by atoms with Gasteiger partial charge >= 0.3 is 0 Å². The molecule has 2 rings (SSSR count). The molecule has 0 aromatic heterocycles. The highest BCUT2D eigenvalue weighted by Crippen LogP contribution is 2.49. The molecule has 0 heterocycles. The third kappa shape index (κ3) is 1.92. The predicted octanol–water partition coefficient (Wildman–Crippen LogP) is 5.12. The molecule has 0 spiro atoms. The summed E-state index contributed by atoms with van der Waals surface area (Å²) in [6.07, 6.45) is 5.18. The molecule has 0 unspecified atom stereocenters. The van der Waals surface area contributed by atoms with E-state index < -0.39 is 0 Å². The van der Waals surface area contributed by atoms with E-state index in [2.05, 4.69) is 52.8 Å².